The maximum Gasteiger partial charge on any atom is 0.257 e. The summed E-state index contributed by atoms with van der Waals surface area (Å²) in [5, 5.41) is 6.15. The van der Waals surface area contributed by atoms with E-state index in [-0.39, 0.29) is 5.91 Å². The summed E-state index contributed by atoms with van der Waals surface area (Å²) in [6.45, 7) is 2.08. The van der Waals surface area contributed by atoms with Crippen LogP contribution in [-0.2, 0) is 4.79 Å². The number of rotatable bonds is 4. The fourth-order valence-electron chi connectivity index (χ4n) is 4.11. The van der Waals surface area contributed by atoms with Gasteiger partial charge in [0.05, 0.1) is 5.57 Å². The van der Waals surface area contributed by atoms with Crippen LogP contribution in [0, 0.1) is 0 Å². The van der Waals surface area contributed by atoms with E-state index in [1.54, 1.807) is 6.20 Å². The topological polar surface area (TPSA) is 57.3 Å². The quantitative estimate of drug-likeness (QED) is 0.653. The van der Waals surface area contributed by atoms with Gasteiger partial charge < -0.3 is 15.5 Å². The molecule has 1 saturated heterocycles. The van der Waals surface area contributed by atoms with Crippen molar-refractivity contribution in [2.75, 3.05) is 28.6 Å². The largest absolute Gasteiger partial charge is 0.371 e. The first kappa shape index (κ1) is 17.5. The molecule has 2 N–H and O–H groups in total. The lowest BCUT2D eigenvalue weighted by Crippen LogP contribution is -2.19. The third-order valence-electron chi connectivity index (χ3n) is 5.69. The molecule has 1 amide bonds. The highest BCUT2D eigenvalue weighted by atomic mass is 16.2. The van der Waals surface area contributed by atoms with E-state index in [0.29, 0.717) is 11.5 Å². The third kappa shape index (κ3) is 3.47. The van der Waals surface area contributed by atoms with Crippen LogP contribution in [0.1, 0.15) is 23.5 Å². The molecule has 29 heavy (non-hydrogen) atoms. The van der Waals surface area contributed by atoms with E-state index in [9.17, 15) is 4.79 Å². The number of amides is 1. The normalized spacial score (nSPS) is 19.3. The van der Waals surface area contributed by atoms with Gasteiger partial charge in [0.25, 0.3) is 5.91 Å². The summed E-state index contributed by atoms with van der Waals surface area (Å²) < 4.78 is 0. The summed E-state index contributed by atoms with van der Waals surface area (Å²) in [6.07, 6.45) is 6.68. The Labute approximate surface area is 170 Å². The zero-order valence-electron chi connectivity index (χ0n) is 16.0. The van der Waals surface area contributed by atoms with Gasteiger partial charge in [-0.15, -0.1) is 0 Å². The lowest BCUT2D eigenvalue weighted by molar-refractivity contribution is -0.110. The van der Waals surface area contributed by atoms with Gasteiger partial charge in [0.15, 0.2) is 0 Å². The maximum atomic E-state index is 12.2. The van der Waals surface area contributed by atoms with Crippen LogP contribution in [-0.4, -0.2) is 24.0 Å². The molecule has 1 atom stereocenters. The molecule has 1 aromatic heterocycles. The molecule has 1 unspecified atom stereocenters. The van der Waals surface area contributed by atoms with E-state index >= 15 is 0 Å². The molecule has 1 fully saturated rings. The second-order valence-corrected chi connectivity index (χ2v) is 7.46. The number of carbonyl (C=O) groups excluding carboxylic acids is 1. The number of hydrogen-bond acceptors (Lipinski definition) is 4. The highest BCUT2D eigenvalue weighted by molar-refractivity contribution is 6.31. The Bertz CT molecular complexity index is 1060. The average molecular weight is 382 g/mol. The zero-order chi connectivity index (χ0) is 19.6. The van der Waals surface area contributed by atoms with Gasteiger partial charge in [0.2, 0.25) is 0 Å². The van der Waals surface area contributed by atoms with E-state index in [2.05, 4.69) is 56.9 Å². The Morgan fingerprint density at radius 3 is 2.66 bits per heavy atom. The Kier molecular flexibility index (Phi) is 4.48. The minimum absolute atomic E-state index is 0.0745. The lowest BCUT2D eigenvalue weighted by atomic mass is 10.00. The molecule has 2 aliphatic rings. The van der Waals surface area contributed by atoms with Gasteiger partial charge in [0, 0.05) is 60.2 Å². The highest BCUT2D eigenvalue weighted by Gasteiger charge is 2.24. The first-order chi connectivity index (χ1) is 14.3. The molecule has 2 aliphatic heterocycles. The maximum absolute atomic E-state index is 12.2. The number of para-hydroxylation sites is 1. The molecule has 0 spiro atoms. The van der Waals surface area contributed by atoms with Gasteiger partial charge >= 0.3 is 0 Å². The number of anilines is 3. The van der Waals surface area contributed by atoms with Crippen LogP contribution in [0.3, 0.4) is 0 Å². The fourth-order valence-corrected chi connectivity index (χ4v) is 4.11. The molecule has 144 valence electrons. The second kappa shape index (κ2) is 7.43. The third-order valence-corrected chi connectivity index (χ3v) is 5.69. The predicted octanol–water partition coefficient (Wildman–Crippen LogP) is 4.48. The van der Waals surface area contributed by atoms with Crippen LogP contribution in [0.25, 0.3) is 5.57 Å². The van der Waals surface area contributed by atoms with Gasteiger partial charge in [-0.25, -0.2) is 0 Å². The SMILES string of the molecule is O=C1Nc2ccccc2/C1=C/Nc1ccc(N2CCC(c3ccncc3)C2)cc1. The number of nitrogens with zero attached hydrogens (tertiary/aromatic N) is 2. The van der Waals surface area contributed by atoms with E-state index in [1.165, 1.54) is 11.3 Å². The molecular weight excluding hydrogens is 360 g/mol. The van der Waals surface area contributed by atoms with Crippen molar-refractivity contribution in [3.63, 3.8) is 0 Å². The number of carbonyl (C=O) groups is 1. The predicted molar refractivity (Wildman–Crippen MR) is 117 cm³/mol. The molecule has 0 radical (unpaired) electrons. The van der Waals surface area contributed by atoms with Crippen LogP contribution in [0.15, 0.2) is 79.3 Å². The van der Waals surface area contributed by atoms with Crippen molar-refractivity contribution < 1.29 is 4.79 Å². The van der Waals surface area contributed by atoms with Crippen molar-refractivity contribution in [2.45, 2.75) is 12.3 Å². The van der Waals surface area contributed by atoms with Gasteiger partial charge in [0.1, 0.15) is 0 Å². The van der Waals surface area contributed by atoms with Crippen LogP contribution in [0.5, 0.6) is 0 Å². The van der Waals surface area contributed by atoms with Crippen LogP contribution in [0.4, 0.5) is 17.1 Å². The highest BCUT2D eigenvalue weighted by Crippen LogP contribution is 2.32. The molecule has 0 aliphatic carbocycles. The molecule has 5 nitrogen and oxygen atoms in total. The number of nitrogens with one attached hydrogen (secondary N) is 2. The molecule has 2 aromatic carbocycles. The van der Waals surface area contributed by atoms with Crippen LogP contribution in [0.2, 0.25) is 0 Å². The summed E-state index contributed by atoms with van der Waals surface area (Å²) in [6, 6.07) is 20.4. The van der Waals surface area contributed by atoms with Crippen molar-refractivity contribution in [1.29, 1.82) is 0 Å². The Morgan fingerprint density at radius 2 is 1.83 bits per heavy atom. The number of aromatic nitrogens is 1. The number of hydrogen-bond donors (Lipinski definition) is 2. The fraction of sp³-hybridized carbons (Fsp3) is 0.167. The number of benzene rings is 2. The molecule has 5 rings (SSSR count). The molecular formula is C24H22N4O. The summed E-state index contributed by atoms with van der Waals surface area (Å²) in [4.78, 5) is 18.7. The summed E-state index contributed by atoms with van der Waals surface area (Å²) in [5.41, 5.74) is 6.00. The average Bonchev–Trinajstić information content (AvgIpc) is 3.38. The van der Waals surface area contributed by atoms with E-state index < -0.39 is 0 Å². The van der Waals surface area contributed by atoms with E-state index in [1.807, 2.05) is 36.7 Å². The summed E-state index contributed by atoms with van der Waals surface area (Å²) in [7, 11) is 0. The molecule has 0 saturated carbocycles. The smallest absolute Gasteiger partial charge is 0.257 e. The Balaban J connectivity index is 1.26. The Hall–Kier alpha value is -3.60. The van der Waals surface area contributed by atoms with Crippen molar-refractivity contribution >= 4 is 28.5 Å². The van der Waals surface area contributed by atoms with Crippen molar-refractivity contribution in [3.05, 3.63) is 90.4 Å². The van der Waals surface area contributed by atoms with Crippen LogP contribution >= 0.6 is 0 Å². The molecule has 5 heteroatoms. The first-order valence-corrected chi connectivity index (χ1v) is 9.90. The van der Waals surface area contributed by atoms with Gasteiger partial charge in [-0.3, -0.25) is 9.78 Å². The van der Waals surface area contributed by atoms with Gasteiger partial charge in [-0.2, -0.15) is 0 Å². The van der Waals surface area contributed by atoms with Crippen molar-refractivity contribution in [1.82, 2.24) is 4.98 Å². The minimum atomic E-state index is -0.0745. The summed E-state index contributed by atoms with van der Waals surface area (Å²) in [5.74, 6) is 0.482. The van der Waals surface area contributed by atoms with E-state index in [0.717, 1.165) is 36.4 Å². The minimum Gasteiger partial charge on any atom is -0.371 e. The summed E-state index contributed by atoms with van der Waals surface area (Å²) >= 11 is 0. The monoisotopic (exact) mass is 382 g/mol. The molecule has 3 aromatic rings. The van der Waals surface area contributed by atoms with Crippen LogP contribution < -0.4 is 15.5 Å². The Morgan fingerprint density at radius 1 is 1.03 bits per heavy atom. The standard InChI is InChI=1S/C24H22N4O/c29-24-22(21-3-1-2-4-23(21)27-24)15-26-19-5-7-20(8-6-19)28-14-11-18(16-28)17-9-12-25-13-10-17/h1-10,12-13,15,18,26H,11,14,16H2,(H,27,29)/b22-15-. The van der Waals surface area contributed by atoms with Crippen molar-refractivity contribution in [3.8, 4) is 0 Å². The van der Waals surface area contributed by atoms with Gasteiger partial charge in [-0.05, 0) is 54.4 Å². The zero-order valence-corrected chi connectivity index (χ0v) is 16.0. The van der Waals surface area contributed by atoms with Gasteiger partial charge in [-0.1, -0.05) is 18.2 Å². The van der Waals surface area contributed by atoms with E-state index in [4.69, 9.17) is 0 Å². The number of fused-ring (bicyclic) bond motifs is 1. The number of pyridine rings is 1. The molecule has 3 heterocycles. The lowest BCUT2D eigenvalue weighted by Gasteiger charge is -2.19. The first-order valence-electron chi connectivity index (χ1n) is 9.90. The van der Waals surface area contributed by atoms with Crippen molar-refractivity contribution in [2.24, 2.45) is 0 Å². The second-order valence-electron chi connectivity index (χ2n) is 7.46. The molecule has 0 bridgehead atoms.